The second-order valence-electron chi connectivity index (χ2n) is 5.01. The molecule has 7 heteroatoms. The fourth-order valence-corrected chi connectivity index (χ4v) is 3.63. The molecule has 0 bridgehead atoms. The van der Waals surface area contributed by atoms with Gasteiger partial charge in [0.05, 0.1) is 6.20 Å². The third kappa shape index (κ3) is 2.90. The average molecular weight is 272 g/mol. The Bertz CT molecular complexity index is 511. The zero-order chi connectivity index (χ0) is 13.3. The van der Waals surface area contributed by atoms with Gasteiger partial charge in [0.2, 0.25) is 10.0 Å². The van der Waals surface area contributed by atoms with Gasteiger partial charge in [-0.2, -0.15) is 5.10 Å². The molecule has 2 rings (SSSR count). The van der Waals surface area contributed by atoms with Crippen LogP contribution in [-0.4, -0.2) is 36.3 Å². The summed E-state index contributed by atoms with van der Waals surface area (Å²) in [5.41, 5.74) is 0. The summed E-state index contributed by atoms with van der Waals surface area (Å²) in [6.07, 6.45) is 4.71. The third-order valence-corrected chi connectivity index (χ3v) is 4.80. The van der Waals surface area contributed by atoms with E-state index in [4.69, 9.17) is 0 Å². The van der Waals surface area contributed by atoms with Crippen molar-refractivity contribution in [2.75, 3.05) is 0 Å². The number of rotatable bonds is 3. The molecule has 18 heavy (non-hydrogen) atoms. The summed E-state index contributed by atoms with van der Waals surface area (Å²) in [5, 5.41) is 7.25. The Hall–Kier alpha value is -0.920. The number of piperidine rings is 1. The Labute approximate surface area is 108 Å². The molecule has 1 aromatic rings. The van der Waals surface area contributed by atoms with E-state index in [0.29, 0.717) is 6.04 Å². The number of aryl methyl sites for hydroxylation is 1. The summed E-state index contributed by atoms with van der Waals surface area (Å²) in [6.45, 7) is 4.12. The van der Waals surface area contributed by atoms with Crippen LogP contribution < -0.4 is 10.0 Å². The van der Waals surface area contributed by atoms with Gasteiger partial charge in [-0.3, -0.25) is 4.68 Å². The highest BCUT2D eigenvalue weighted by atomic mass is 32.2. The van der Waals surface area contributed by atoms with E-state index in [1.807, 2.05) is 6.92 Å². The second-order valence-corrected chi connectivity index (χ2v) is 6.73. The van der Waals surface area contributed by atoms with Crippen LogP contribution in [0.1, 0.15) is 26.7 Å². The lowest BCUT2D eigenvalue weighted by Gasteiger charge is -2.34. The second kappa shape index (κ2) is 4.99. The van der Waals surface area contributed by atoms with Gasteiger partial charge < -0.3 is 5.32 Å². The van der Waals surface area contributed by atoms with Crippen LogP contribution in [0.2, 0.25) is 0 Å². The fourth-order valence-electron chi connectivity index (χ4n) is 2.29. The maximum atomic E-state index is 12.1. The number of sulfonamides is 1. The average Bonchev–Trinajstić information content (AvgIpc) is 2.70. The quantitative estimate of drug-likeness (QED) is 0.826. The van der Waals surface area contributed by atoms with Crippen LogP contribution in [0.15, 0.2) is 17.3 Å². The van der Waals surface area contributed by atoms with Gasteiger partial charge in [-0.05, 0) is 26.7 Å². The van der Waals surface area contributed by atoms with Crippen molar-refractivity contribution in [3.05, 3.63) is 12.4 Å². The number of nitrogens with zero attached hydrogens (tertiary/aromatic N) is 2. The van der Waals surface area contributed by atoms with E-state index in [1.165, 1.54) is 17.1 Å². The summed E-state index contributed by atoms with van der Waals surface area (Å²) in [4.78, 5) is 0.218. The number of nitrogens with one attached hydrogen (secondary N) is 2. The molecule has 1 aromatic heterocycles. The molecular weight excluding hydrogens is 252 g/mol. The first kappa shape index (κ1) is 13.5. The maximum Gasteiger partial charge on any atom is 0.243 e. The summed E-state index contributed by atoms with van der Waals surface area (Å²) in [6, 6.07) is 0.519. The van der Waals surface area contributed by atoms with Crippen molar-refractivity contribution in [1.82, 2.24) is 19.8 Å². The molecule has 1 saturated heterocycles. The lowest BCUT2D eigenvalue weighted by Crippen LogP contribution is -2.54. The molecule has 1 fully saturated rings. The number of hydrogen-bond donors (Lipinski definition) is 2. The van der Waals surface area contributed by atoms with E-state index < -0.39 is 10.0 Å². The van der Waals surface area contributed by atoms with E-state index in [2.05, 4.69) is 22.1 Å². The molecule has 0 radical (unpaired) electrons. The van der Waals surface area contributed by atoms with Crippen molar-refractivity contribution >= 4 is 10.0 Å². The van der Waals surface area contributed by atoms with Gasteiger partial charge in [-0.15, -0.1) is 0 Å². The fraction of sp³-hybridized carbons (Fsp3) is 0.727. The van der Waals surface area contributed by atoms with Crippen LogP contribution in [0.4, 0.5) is 0 Å². The smallest absolute Gasteiger partial charge is 0.243 e. The Balaban J connectivity index is 2.09. The lowest BCUT2D eigenvalue weighted by molar-refractivity contribution is 0.297. The summed E-state index contributed by atoms with van der Waals surface area (Å²) < 4.78 is 28.5. The molecule has 2 N–H and O–H groups in total. The van der Waals surface area contributed by atoms with Crippen molar-refractivity contribution in [3.63, 3.8) is 0 Å². The van der Waals surface area contributed by atoms with Crippen LogP contribution in [0.5, 0.6) is 0 Å². The van der Waals surface area contributed by atoms with Gasteiger partial charge in [0.1, 0.15) is 4.90 Å². The summed E-state index contributed by atoms with van der Waals surface area (Å²) >= 11 is 0. The minimum absolute atomic E-state index is 0.0635. The SMILES string of the molecule is CC1CCC(NS(=O)(=O)c2cnn(C)c2)C(C)N1. The normalized spacial score (nSPS) is 29.4. The van der Waals surface area contributed by atoms with Gasteiger partial charge in [-0.25, -0.2) is 13.1 Å². The molecule has 0 spiro atoms. The molecular formula is C11H20N4O2S. The highest BCUT2D eigenvalue weighted by molar-refractivity contribution is 7.89. The largest absolute Gasteiger partial charge is 0.310 e. The number of aromatic nitrogens is 2. The monoisotopic (exact) mass is 272 g/mol. The zero-order valence-electron chi connectivity index (χ0n) is 10.9. The standard InChI is InChI=1S/C11H20N4O2S/c1-8-4-5-11(9(2)13-8)14-18(16,17)10-6-12-15(3)7-10/h6-9,11,13-14H,4-5H2,1-3H3. The van der Waals surface area contributed by atoms with Crippen LogP contribution in [0.3, 0.4) is 0 Å². The van der Waals surface area contributed by atoms with Crippen molar-refractivity contribution in [3.8, 4) is 0 Å². The van der Waals surface area contributed by atoms with Gasteiger partial charge in [0.15, 0.2) is 0 Å². The first-order valence-corrected chi connectivity index (χ1v) is 7.64. The van der Waals surface area contributed by atoms with Crippen molar-refractivity contribution in [2.45, 2.75) is 49.7 Å². The topological polar surface area (TPSA) is 76.0 Å². The third-order valence-electron chi connectivity index (χ3n) is 3.36. The Morgan fingerprint density at radius 1 is 1.44 bits per heavy atom. The molecule has 0 amide bonds. The molecule has 0 aromatic carbocycles. The van der Waals surface area contributed by atoms with E-state index in [0.717, 1.165) is 12.8 Å². The van der Waals surface area contributed by atoms with Crippen molar-refractivity contribution in [2.24, 2.45) is 7.05 Å². The Morgan fingerprint density at radius 3 is 2.72 bits per heavy atom. The van der Waals surface area contributed by atoms with Crippen molar-refractivity contribution < 1.29 is 8.42 Å². The first-order chi connectivity index (χ1) is 8.38. The molecule has 2 heterocycles. The molecule has 6 nitrogen and oxygen atoms in total. The molecule has 3 atom stereocenters. The lowest BCUT2D eigenvalue weighted by atomic mass is 9.96. The van der Waals surface area contributed by atoms with Crippen LogP contribution in [-0.2, 0) is 17.1 Å². The molecule has 1 aliphatic heterocycles. The van der Waals surface area contributed by atoms with Gasteiger partial charge in [0.25, 0.3) is 0 Å². The Morgan fingerprint density at radius 2 is 2.17 bits per heavy atom. The molecule has 0 saturated carbocycles. The zero-order valence-corrected chi connectivity index (χ0v) is 11.7. The van der Waals surface area contributed by atoms with Crippen LogP contribution >= 0.6 is 0 Å². The first-order valence-electron chi connectivity index (χ1n) is 6.15. The highest BCUT2D eigenvalue weighted by Crippen LogP contribution is 2.16. The van der Waals surface area contributed by atoms with Crippen LogP contribution in [0.25, 0.3) is 0 Å². The highest BCUT2D eigenvalue weighted by Gasteiger charge is 2.29. The van der Waals surface area contributed by atoms with Crippen molar-refractivity contribution in [1.29, 1.82) is 0 Å². The molecule has 102 valence electrons. The van der Waals surface area contributed by atoms with Crippen LogP contribution in [0, 0.1) is 0 Å². The molecule has 0 aliphatic carbocycles. The minimum atomic E-state index is -3.46. The maximum absolute atomic E-state index is 12.1. The Kier molecular flexibility index (Phi) is 3.74. The predicted octanol–water partition coefficient (Wildman–Crippen LogP) is 0.227. The van der Waals surface area contributed by atoms with E-state index in [1.54, 1.807) is 7.05 Å². The van der Waals surface area contributed by atoms with Gasteiger partial charge >= 0.3 is 0 Å². The summed E-state index contributed by atoms with van der Waals surface area (Å²) in [5.74, 6) is 0. The molecule has 1 aliphatic rings. The number of hydrogen-bond acceptors (Lipinski definition) is 4. The predicted molar refractivity (Wildman–Crippen MR) is 68.6 cm³/mol. The minimum Gasteiger partial charge on any atom is -0.310 e. The van der Waals surface area contributed by atoms with Gasteiger partial charge in [0, 0.05) is 31.4 Å². The van der Waals surface area contributed by atoms with E-state index in [9.17, 15) is 8.42 Å². The van der Waals surface area contributed by atoms with E-state index in [-0.39, 0.29) is 17.0 Å². The summed E-state index contributed by atoms with van der Waals surface area (Å²) in [7, 11) is -1.76. The molecule has 3 unspecified atom stereocenters. The van der Waals surface area contributed by atoms with E-state index >= 15 is 0 Å². The van der Waals surface area contributed by atoms with Gasteiger partial charge in [-0.1, -0.05) is 0 Å².